The highest BCUT2D eigenvalue weighted by molar-refractivity contribution is 5.37. The fraction of sp³-hybridized carbons (Fsp3) is 0.600. The van der Waals surface area contributed by atoms with E-state index in [1.807, 2.05) is 0 Å². The molecule has 2 rings (SSSR count). The van der Waals surface area contributed by atoms with Gasteiger partial charge in [0.2, 0.25) is 5.82 Å². The topological polar surface area (TPSA) is 55.2 Å². The third-order valence-electron chi connectivity index (χ3n) is 4.36. The van der Waals surface area contributed by atoms with Gasteiger partial charge in [0, 0.05) is 30.3 Å². The summed E-state index contributed by atoms with van der Waals surface area (Å²) in [6.07, 6.45) is 4.39. The van der Waals surface area contributed by atoms with Crippen LogP contribution in [-0.2, 0) is 6.54 Å². The number of nitrogens with one attached hydrogen (secondary N) is 1. The molecule has 1 N–H and O–H groups in total. The van der Waals surface area contributed by atoms with Gasteiger partial charge in [-0.05, 0) is 18.3 Å². The first-order chi connectivity index (χ1) is 9.81. The molecule has 1 atom stereocenters. The van der Waals surface area contributed by atoms with Crippen molar-refractivity contribution in [2.45, 2.75) is 52.1 Å². The number of nitro groups is 1. The van der Waals surface area contributed by atoms with E-state index in [9.17, 15) is 18.9 Å². The Kier molecular flexibility index (Phi) is 4.56. The maximum atomic E-state index is 13.7. The number of nitro benzene ring substituents is 1. The van der Waals surface area contributed by atoms with Gasteiger partial charge < -0.3 is 5.32 Å². The highest BCUT2D eigenvalue weighted by Gasteiger charge is 2.32. The standard InChI is InChI=1S/C15H20F2N2O2/c1-15(2)6-4-3-5-14(15)18-9-10-7-13(19(20)21)12(17)8-11(10)16/h7-8,14,18H,3-6,9H2,1-2H3. The van der Waals surface area contributed by atoms with E-state index in [-0.39, 0.29) is 23.6 Å². The van der Waals surface area contributed by atoms with E-state index < -0.39 is 22.2 Å². The van der Waals surface area contributed by atoms with Gasteiger partial charge in [0.25, 0.3) is 0 Å². The molecule has 0 spiro atoms. The molecular formula is C15H20F2N2O2. The van der Waals surface area contributed by atoms with E-state index in [2.05, 4.69) is 19.2 Å². The van der Waals surface area contributed by atoms with Gasteiger partial charge in [-0.3, -0.25) is 10.1 Å². The predicted molar refractivity (Wildman–Crippen MR) is 75.9 cm³/mol. The molecule has 1 saturated carbocycles. The lowest BCUT2D eigenvalue weighted by Gasteiger charge is -2.39. The van der Waals surface area contributed by atoms with Gasteiger partial charge in [-0.2, -0.15) is 4.39 Å². The van der Waals surface area contributed by atoms with Crippen LogP contribution >= 0.6 is 0 Å². The van der Waals surface area contributed by atoms with Gasteiger partial charge in [-0.25, -0.2) is 4.39 Å². The van der Waals surface area contributed by atoms with E-state index >= 15 is 0 Å². The molecule has 1 aliphatic rings. The summed E-state index contributed by atoms with van der Waals surface area (Å²) in [6, 6.07) is 1.80. The molecule has 0 aromatic heterocycles. The highest BCUT2D eigenvalue weighted by atomic mass is 19.1. The Morgan fingerprint density at radius 1 is 1.33 bits per heavy atom. The number of rotatable bonds is 4. The Bertz CT molecular complexity index is 547. The third-order valence-corrected chi connectivity index (χ3v) is 4.36. The maximum absolute atomic E-state index is 13.7. The van der Waals surface area contributed by atoms with Crippen LogP contribution in [0.1, 0.15) is 45.1 Å². The molecule has 4 nitrogen and oxygen atoms in total. The number of benzene rings is 1. The first-order valence-corrected chi connectivity index (χ1v) is 7.17. The quantitative estimate of drug-likeness (QED) is 0.677. The van der Waals surface area contributed by atoms with Gasteiger partial charge in [0.1, 0.15) is 5.82 Å². The van der Waals surface area contributed by atoms with Gasteiger partial charge in [0.15, 0.2) is 0 Å². The monoisotopic (exact) mass is 298 g/mol. The minimum Gasteiger partial charge on any atom is -0.309 e. The molecule has 0 amide bonds. The van der Waals surface area contributed by atoms with Crippen LogP contribution < -0.4 is 5.32 Å². The summed E-state index contributed by atoms with van der Waals surface area (Å²) in [4.78, 5) is 9.89. The first-order valence-electron chi connectivity index (χ1n) is 7.17. The van der Waals surface area contributed by atoms with E-state index in [0.29, 0.717) is 6.07 Å². The van der Waals surface area contributed by atoms with Crippen LogP contribution in [0.5, 0.6) is 0 Å². The lowest BCUT2D eigenvalue weighted by molar-refractivity contribution is -0.387. The SMILES string of the molecule is CC1(C)CCCCC1NCc1cc([N+](=O)[O-])c(F)cc1F. The van der Waals surface area contributed by atoms with Crippen LogP contribution in [-0.4, -0.2) is 11.0 Å². The second kappa shape index (κ2) is 6.05. The van der Waals surface area contributed by atoms with Crippen LogP contribution in [0, 0.1) is 27.2 Å². The Morgan fingerprint density at radius 3 is 2.67 bits per heavy atom. The van der Waals surface area contributed by atoms with Crippen molar-refractivity contribution in [1.29, 1.82) is 0 Å². The van der Waals surface area contributed by atoms with E-state index in [1.54, 1.807) is 0 Å². The number of nitrogens with zero attached hydrogens (tertiary/aromatic N) is 1. The van der Waals surface area contributed by atoms with Crippen LogP contribution in [0.4, 0.5) is 14.5 Å². The third kappa shape index (κ3) is 3.56. The lowest BCUT2D eigenvalue weighted by atomic mass is 9.73. The molecule has 1 unspecified atom stereocenters. The van der Waals surface area contributed by atoms with Crippen LogP contribution in [0.15, 0.2) is 12.1 Å². The number of hydrogen-bond donors (Lipinski definition) is 1. The molecule has 116 valence electrons. The fourth-order valence-electron chi connectivity index (χ4n) is 2.96. The van der Waals surface area contributed by atoms with Crippen molar-refractivity contribution in [2.24, 2.45) is 5.41 Å². The molecule has 0 saturated heterocycles. The van der Waals surface area contributed by atoms with Crippen LogP contribution in [0.25, 0.3) is 0 Å². The van der Waals surface area contributed by atoms with Crippen molar-refractivity contribution in [3.8, 4) is 0 Å². The fourth-order valence-corrected chi connectivity index (χ4v) is 2.96. The van der Waals surface area contributed by atoms with Crippen LogP contribution in [0.2, 0.25) is 0 Å². The highest BCUT2D eigenvalue weighted by Crippen LogP contribution is 2.35. The minimum absolute atomic E-state index is 0.112. The Labute approximate surface area is 122 Å². The van der Waals surface area contributed by atoms with Crippen molar-refractivity contribution in [1.82, 2.24) is 5.32 Å². The van der Waals surface area contributed by atoms with Gasteiger partial charge in [0.05, 0.1) is 4.92 Å². The summed E-state index contributed by atoms with van der Waals surface area (Å²) >= 11 is 0. The molecule has 0 bridgehead atoms. The van der Waals surface area contributed by atoms with E-state index in [1.165, 1.54) is 6.42 Å². The largest absolute Gasteiger partial charge is 0.309 e. The lowest BCUT2D eigenvalue weighted by Crippen LogP contribution is -2.43. The predicted octanol–water partition coefficient (Wildman–Crippen LogP) is 3.93. The average molecular weight is 298 g/mol. The molecule has 21 heavy (non-hydrogen) atoms. The van der Waals surface area contributed by atoms with Crippen molar-refractivity contribution in [2.75, 3.05) is 0 Å². The van der Waals surface area contributed by atoms with Gasteiger partial charge >= 0.3 is 5.69 Å². The van der Waals surface area contributed by atoms with Crippen molar-refractivity contribution >= 4 is 5.69 Å². The molecule has 1 aromatic carbocycles. The summed E-state index contributed by atoms with van der Waals surface area (Å²) in [5, 5.41) is 14.0. The molecule has 1 fully saturated rings. The van der Waals surface area contributed by atoms with Gasteiger partial charge in [-0.15, -0.1) is 0 Å². The zero-order valence-electron chi connectivity index (χ0n) is 12.3. The number of hydrogen-bond acceptors (Lipinski definition) is 3. The Balaban J connectivity index is 2.12. The van der Waals surface area contributed by atoms with Crippen LogP contribution in [0.3, 0.4) is 0 Å². The van der Waals surface area contributed by atoms with Gasteiger partial charge in [-0.1, -0.05) is 26.7 Å². The zero-order valence-corrected chi connectivity index (χ0v) is 12.3. The number of halogens is 2. The Morgan fingerprint density at radius 2 is 2.05 bits per heavy atom. The molecular weight excluding hydrogens is 278 g/mol. The normalized spacial score (nSPS) is 21.2. The minimum atomic E-state index is -1.14. The van der Waals surface area contributed by atoms with E-state index in [0.717, 1.165) is 25.3 Å². The second-order valence-electron chi connectivity index (χ2n) is 6.32. The molecule has 0 heterocycles. The first kappa shape index (κ1) is 15.8. The van der Waals surface area contributed by atoms with Crippen molar-refractivity contribution in [3.63, 3.8) is 0 Å². The van der Waals surface area contributed by atoms with E-state index in [4.69, 9.17) is 0 Å². The molecule has 1 aliphatic carbocycles. The summed E-state index contributed by atoms with van der Waals surface area (Å²) in [6.45, 7) is 4.49. The molecule has 0 radical (unpaired) electrons. The summed E-state index contributed by atoms with van der Waals surface area (Å²) in [5.41, 5.74) is -0.443. The maximum Gasteiger partial charge on any atom is 0.305 e. The zero-order chi connectivity index (χ0) is 15.6. The molecule has 1 aromatic rings. The Hall–Kier alpha value is -1.56. The second-order valence-corrected chi connectivity index (χ2v) is 6.32. The smallest absolute Gasteiger partial charge is 0.305 e. The van der Waals surface area contributed by atoms with Crippen molar-refractivity contribution in [3.05, 3.63) is 39.4 Å². The molecule has 0 aliphatic heterocycles. The average Bonchev–Trinajstić information content (AvgIpc) is 2.38. The molecule has 6 heteroatoms. The summed E-state index contributed by atoms with van der Waals surface area (Å²) in [5.74, 6) is -1.89. The summed E-state index contributed by atoms with van der Waals surface area (Å²) < 4.78 is 27.0. The van der Waals surface area contributed by atoms with Crippen molar-refractivity contribution < 1.29 is 13.7 Å². The summed E-state index contributed by atoms with van der Waals surface area (Å²) in [7, 11) is 0.